The average Bonchev–Trinajstić information content (AvgIpc) is 2.82. The van der Waals surface area contributed by atoms with Crippen LogP contribution in [0.4, 0.5) is 0 Å². The van der Waals surface area contributed by atoms with Crippen LogP contribution in [0, 0.1) is 0 Å². The molecule has 3 rings (SSSR count). The molecule has 2 aromatic carbocycles. The topological polar surface area (TPSA) is 34.1 Å². The number of halogens is 3. The number of sulfone groups is 1. The summed E-state index contributed by atoms with van der Waals surface area (Å²) in [6, 6.07) is 14.6. The van der Waals surface area contributed by atoms with Crippen molar-refractivity contribution in [3.8, 4) is 22.3 Å². The monoisotopic (exact) mass is 504 g/mol. The molecule has 0 aliphatic heterocycles. The van der Waals surface area contributed by atoms with Gasteiger partial charge in [-0.3, -0.25) is 0 Å². The van der Waals surface area contributed by atoms with Crippen LogP contribution >= 0.6 is 54.8 Å². The van der Waals surface area contributed by atoms with Gasteiger partial charge < -0.3 is 0 Å². The zero-order chi connectivity index (χ0) is 17.5. The first-order valence-corrected chi connectivity index (χ1v) is 11.5. The van der Waals surface area contributed by atoms with E-state index in [1.807, 2.05) is 36.4 Å². The van der Waals surface area contributed by atoms with Crippen molar-refractivity contribution in [3.05, 3.63) is 61.1 Å². The van der Waals surface area contributed by atoms with E-state index in [9.17, 15) is 8.42 Å². The highest BCUT2D eigenvalue weighted by Crippen LogP contribution is 2.48. The van der Waals surface area contributed by atoms with Crippen LogP contribution in [0.5, 0.6) is 0 Å². The van der Waals surface area contributed by atoms with Gasteiger partial charge in [-0.25, -0.2) is 8.42 Å². The van der Waals surface area contributed by atoms with Crippen LogP contribution in [0.2, 0.25) is 5.02 Å². The molecule has 0 aliphatic rings. The first kappa shape index (κ1) is 18.1. The Labute approximate surface area is 166 Å². The molecule has 124 valence electrons. The summed E-state index contributed by atoms with van der Waals surface area (Å²) in [5, 5.41) is 0.684. The molecule has 24 heavy (non-hydrogen) atoms. The molecule has 0 aliphatic carbocycles. The quantitative estimate of drug-likeness (QED) is 0.398. The Kier molecular flexibility index (Phi) is 5.23. The van der Waals surface area contributed by atoms with Crippen molar-refractivity contribution >= 4 is 64.6 Å². The minimum absolute atomic E-state index is 0.310. The van der Waals surface area contributed by atoms with Crippen molar-refractivity contribution in [2.75, 3.05) is 6.26 Å². The van der Waals surface area contributed by atoms with Crippen molar-refractivity contribution in [3.63, 3.8) is 0 Å². The van der Waals surface area contributed by atoms with Crippen LogP contribution in [-0.2, 0) is 9.84 Å². The Bertz CT molecular complexity index is 992. The van der Waals surface area contributed by atoms with Crippen molar-refractivity contribution in [2.24, 2.45) is 0 Å². The lowest BCUT2D eigenvalue weighted by Crippen LogP contribution is -1.96. The van der Waals surface area contributed by atoms with Gasteiger partial charge in [0.2, 0.25) is 0 Å². The summed E-state index contributed by atoms with van der Waals surface area (Å²) < 4.78 is 25.3. The van der Waals surface area contributed by atoms with Gasteiger partial charge in [0, 0.05) is 22.4 Å². The lowest BCUT2D eigenvalue weighted by Gasteiger charge is -2.08. The molecule has 0 unspecified atom stereocenters. The van der Waals surface area contributed by atoms with Crippen LogP contribution in [0.1, 0.15) is 0 Å². The van der Waals surface area contributed by atoms with E-state index in [0.717, 1.165) is 29.8 Å². The summed E-state index contributed by atoms with van der Waals surface area (Å²) in [6.07, 6.45) is 1.21. The molecule has 0 saturated heterocycles. The van der Waals surface area contributed by atoms with E-state index in [2.05, 4.69) is 31.9 Å². The van der Waals surface area contributed by atoms with Crippen LogP contribution < -0.4 is 0 Å². The minimum atomic E-state index is -3.21. The molecule has 0 fully saturated rings. The Hall–Kier alpha value is -0.660. The number of hydrogen-bond acceptors (Lipinski definition) is 3. The van der Waals surface area contributed by atoms with E-state index >= 15 is 0 Å². The summed E-state index contributed by atoms with van der Waals surface area (Å²) in [5.41, 5.74) is 4.06. The van der Waals surface area contributed by atoms with Crippen LogP contribution in [0.15, 0.2) is 61.0 Å². The number of rotatable bonds is 3. The second-order valence-corrected chi connectivity index (χ2v) is 11.3. The number of benzene rings is 2. The number of hydrogen-bond donors (Lipinski definition) is 0. The van der Waals surface area contributed by atoms with E-state index in [1.54, 1.807) is 23.5 Å². The second-order valence-electron chi connectivity index (χ2n) is 5.20. The van der Waals surface area contributed by atoms with Gasteiger partial charge in [0.25, 0.3) is 0 Å². The van der Waals surface area contributed by atoms with E-state index in [0.29, 0.717) is 9.92 Å². The molecular formula is C17H11Br2ClO2S2. The highest BCUT2D eigenvalue weighted by Gasteiger charge is 2.19. The van der Waals surface area contributed by atoms with Gasteiger partial charge in [0.05, 0.1) is 12.5 Å². The number of thiophene rings is 1. The lowest BCUT2D eigenvalue weighted by atomic mass is 9.99. The molecule has 7 heteroatoms. The molecular weight excluding hydrogens is 496 g/mol. The van der Waals surface area contributed by atoms with Gasteiger partial charge >= 0.3 is 0 Å². The van der Waals surface area contributed by atoms with Gasteiger partial charge in [-0.05, 0) is 67.3 Å². The highest BCUT2D eigenvalue weighted by molar-refractivity contribution is 9.12. The van der Waals surface area contributed by atoms with Gasteiger partial charge in [-0.2, -0.15) is 0 Å². The largest absolute Gasteiger partial charge is 0.224 e. The summed E-state index contributed by atoms with van der Waals surface area (Å²) in [6.45, 7) is 0. The van der Waals surface area contributed by atoms with Crippen molar-refractivity contribution < 1.29 is 8.42 Å². The fourth-order valence-electron chi connectivity index (χ4n) is 2.38. The SMILES string of the molecule is CS(=O)(=O)c1ccc(-c2c(Br)sc(Br)c2-c2ccc(Cl)cc2)cc1. The predicted molar refractivity (Wildman–Crippen MR) is 109 cm³/mol. The Morgan fingerprint density at radius 1 is 0.833 bits per heavy atom. The second kappa shape index (κ2) is 6.92. The van der Waals surface area contributed by atoms with Crippen molar-refractivity contribution in [1.82, 2.24) is 0 Å². The lowest BCUT2D eigenvalue weighted by molar-refractivity contribution is 0.602. The molecule has 0 spiro atoms. The van der Waals surface area contributed by atoms with E-state index < -0.39 is 9.84 Å². The first-order chi connectivity index (χ1) is 11.3. The molecule has 2 nitrogen and oxygen atoms in total. The maximum Gasteiger partial charge on any atom is 0.175 e. The molecule has 1 heterocycles. The fourth-order valence-corrected chi connectivity index (χ4v) is 6.41. The summed E-state index contributed by atoms with van der Waals surface area (Å²) in [4.78, 5) is 0.310. The first-order valence-electron chi connectivity index (χ1n) is 6.81. The van der Waals surface area contributed by atoms with E-state index in [4.69, 9.17) is 11.6 Å². The molecule has 1 aromatic heterocycles. The average molecular weight is 507 g/mol. The molecule has 0 N–H and O–H groups in total. The summed E-state index contributed by atoms with van der Waals surface area (Å²) in [7, 11) is -3.21. The van der Waals surface area contributed by atoms with Crippen LogP contribution in [-0.4, -0.2) is 14.7 Å². The highest BCUT2D eigenvalue weighted by atomic mass is 79.9. The zero-order valence-electron chi connectivity index (χ0n) is 12.4. The summed E-state index contributed by atoms with van der Waals surface area (Å²) in [5.74, 6) is 0. The maximum atomic E-state index is 11.6. The normalized spacial score (nSPS) is 11.7. The fraction of sp³-hybridized carbons (Fsp3) is 0.0588. The molecule has 3 aromatic rings. The van der Waals surface area contributed by atoms with Crippen LogP contribution in [0.3, 0.4) is 0 Å². The maximum absolute atomic E-state index is 11.6. The minimum Gasteiger partial charge on any atom is -0.224 e. The van der Waals surface area contributed by atoms with Crippen molar-refractivity contribution in [1.29, 1.82) is 0 Å². The Morgan fingerprint density at radius 2 is 1.25 bits per heavy atom. The molecule has 0 amide bonds. The van der Waals surface area contributed by atoms with Gasteiger partial charge in [-0.1, -0.05) is 35.9 Å². The van der Waals surface area contributed by atoms with Gasteiger partial charge in [0.15, 0.2) is 9.84 Å². The third-order valence-electron chi connectivity index (χ3n) is 3.53. The zero-order valence-corrected chi connectivity index (χ0v) is 17.9. The van der Waals surface area contributed by atoms with Crippen molar-refractivity contribution in [2.45, 2.75) is 4.90 Å². The standard InChI is InChI=1S/C17H11Br2ClO2S2/c1-24(21,22)13-8-4-11(5-9-13)15-14(16(18)23-17(15)19)10-2-6-12(20)7-3-10/h2-9H,1H3. The molecule has 0 atom stereocenters. The van der Waals surface area contributed by atoms with Crippen LogP contribution in [0.25, 0.3) is 22.3 Å². The Morgan fingerprint density at radius 3 is 1.67 bits per heavy atom. The summed E-state index contributed by atoms with van der Waals surface area (Å²) >= 11 is 14.8. The van der Waals surface area contributed by atoms with Gasteiger partial charge in [0.1, 0.15) is 0 Å². The molecule has 0 saturated carbocycles. The predicted octanol–water partition coefficient (Wildman–Crippen LogP) is 6.66. The smallest absolute Gasteiger partial charge is 0.175 e. The Balaban J connectivity index is 2.17. The molecule has 0 bridgehead atoms. The van der Waals surface area contributed by atoms with E-state index in [1.165, 1.54) is 6.26 Å². The van der Waals surface area contributed by atoms with E-state index in [-0.39, 0.29) is 0 Å². The molecule has 0 radical (unpaired) electrons. The van der Waals surface area contributed by atoms with Gasteiger partial charge in [-0.15, -0.1) is 11.3 Å². The third kappa shape index (κ3) is 3.63. The third-order valence-corrected chi connectivity index (χ3v) is 7.44.